The summed E-state index contributed by atoms with van der Waals surface area (Å²) in [5.74, 6) is -0.565. The van der Waals surface area contributed by atoms with Crippen molar-refractivity contribution in [1.82, 2.24) is 10.8 Å². The van der Waals surface area contributed by atoms with Crippen molar-refractivity contribution in [3.63, 3.8) is 0 Å². The molecule has 1 aromatic carbocycles. The molecular weight excluding hydrogens is 320 g/mol. The Bertz CT molecular complexity index is 651. The molecule has 3 N–H and O–H groups in total. The molecule has 0 atom stereocenters. The lowest BCUT2D eigenvalue weighted by atomic mass is 10.1. The van der Waals surface area contributed by atoms with E-state index in [1.54, 1.807) is 29.8 Å². The van der Waals surface area contributed by atoms with E-state index in [-0.39, 0.29) is 18.1 Å². The Balaban J connectivity index is 2.25. The van der Waals surface area contributed by atoms with Crippen molar-refractivity contribution in [3.8, 4) is 0 Å². The molecule has 0 saturated heterocycles. The number of hydroxylamine groups is 1. The van der Waals surface area contributed by atoms with Gasteiger partial charge in [0.1, 0.15) is 0 Å². The van der Waals surface area contributed by atoms with Crippen molar-refractivity contribution in [1.29, 1.82) is 0 Å². The van der Waals surface area contributed by atoms with Crippen molar-refractivity contribution in [2.45, 2.75) is 32.6 Å². The molecule has 25 heavy (non-hydrogen) atoms. The van der Waals surface area contributed by atoms with Gasteiger partial charge in [-0.25, -0.2) is 5.48 Å². The third kappa shape index (κ3) is 9.22. The summed E-state index contributed by atoms with van der Waals surface area (Å²) in [6.45, 7) is 2.06. The molecule has 0 saturated carbocycles. The van der Waals surface area contributed by atoms with Crippen molar-refractivity contribution in [3.05, 3.63) is 53.6 Å². The van der Waals surface area contributed by atoms with E-state index < -0.39 is 5.91 Å². The minimum Gasteiger partial charge on any atom is -0.353 e. The van der Waals surface area contributed by atoms with Crippen LogP contribution in [0.4, 0.5) is 0 Å². The number of rotatable bonds is 10. The number of nitrogens with one attached hydrogen (secondary N) is 2. The van der Waals surface area contributed by atoms with E-state index in [0.29, 0.717) is 18.5 Å². The van der Waals surface area contributed by atoms with E-state index in [1.165, 1.54) is 13.0 Å². The summed E-state index contributed by atoms with van der Waals surface area (Å²) in [7, 11) is 0. The third-order valence-corrected chi connectivity index (χ3v) is 3.45. The summed E-state index contributed by atoms with van der Waals surface area (Å²) >= 11 is 0. The van der Waals surface area contributed by atoms with Crippen molar-refractivity contribution in [2.24, 2.45) is 0 Å². The van der Waals surface area contributed by atoms with Crippen LogP contribution in [0.15, 0.2) is 42.5 Å². The van der Waals surface area contributed by atoms with Crippen LogP contribution in [0.25, 0.3) is 6.08 Å². The van der Waals surface area contributed by atoms with Gasteiger partial charge in [0.05, 0.1) is 0 Å². The van der Waals surface area contributed by atoms with Gasteiger partial charge in [0, 0.05) is 24.6 Å². The van der Waals surface area contributed by atoms with Crippen molar-refractivity contribution >= 4 is 23.7 Å². The maximum absolute atomic E-state index is 11.6. The monoisotopic (exact) mass is 344 g/mol. The van der Waals surface area contributed by atoms with Crippen LogP contribution in [0.3, 0.4) is 0 Å². The highest BCUT2D eigenvalue weighted by atomic mass is 16.5. The summed E-state index contributed by atoms with van der Waals surface area (Å²) in [5.41, 5.74) is 3.13. The Morgan fingerprint density at radius 3 is 2.64 bits per heavy atom. The van der Waals surface area contributed by atoms with Crippen molar-refractivity contribution in [2.75, 3.05) is 6.54 Å². The van der Waals surface area contributed by atoms with Crippen LogP contribution in [0.2, 0.25) is 0 Å². The normalized spacial score (nSPS) is 11.0. The van der Waals surface area contributed by atoms with E-state index in [2.05, 4.69) is 5.32 Å². The number of carbonyl (C=O) groups excluding carboxylic acids is 3. The van der Waals surface area contributed by atoms with Gasteiger partial charge in [-0.2, -0.15) is 0 Å². The van der Waals surface area contributed by atoms with Gasteiger partial charge in [-0.05, 0) is 31.4 Å². The second-order valence-corrected chi connectivity index (χ2v) is 5.54. The molecule has 0 aliphatic heterocycles. The van der Waals surface area contributed by atoms with Crippen LogP contribution in [-0.2, 0) is 9.59 Å². The highest BCUT2D eigenvalue weighted by Gasteiger charge is 1.99. The quantitative estimate of drug-likeness (QED) is 0.152. The SMILES string of the molecule is CC(=O)c1cccc(C=CC=CC(=O)NCCCCCC(=O)NO)c1. The zero-order chi connectivity index (χ0) is 18.5. The summed E-state index contributed by atoms with van der Waals surface area (Å²) in [5, 5.41) is 11.1. The Labute approximate surface area is 147 Å². The van der Waals surface area contributed by atoms with Crippen LogP contribution in [0.5, 0.6) is 0 Å². The number of benzene rings is 1. The smallest absolute Gasteiger partial charge is 0.243 e. The van der Waals surface area contributed by atoms with Crippen LogP contribution < -0.4 is 10.8 Å². The fraction of sp³-hybridized carbons (Fsp3) is 0.316. The first kappa shape index (κ1) is 20.3. The van der Waals surface area contributed by atoms with E-state index in [1.807, 2.05) is 18.2 Å². The van der Waals surface area contributed by atoms with Gasteiger partial charge < -0.3 is 5.32 Å². The lowest BCUT2D eigenvalue weighted by molar-refractivity contribution is -0.129. The molecule has 1 rings (SSSR count). The molecule has 0 aliphatic rings. The molecule has 0 unspecified atom stereocenters. The van der Waals surface area contributed by atoms with Gasteiger partial charge in [0.2, 0.25) is 11.8 Å². The zero-order valence-electron chi connectivity index (χ0n) is 14.3. The summed E-state index contributed by atoms with van der Waals surface area (Å²) in [6.07, 6.45) is 9.15. The number of hydrogen-bond acceptors (Lipinski definition) is 4. The van der Waals surface area contributed by atoms with Gasteiger partial charge >= 0.3 is 0 Å². The second-order valence-electron chi connectivity index (χ2n) is 5.54. The van der Waals surface area contributed by atoms with E-state index in [4.69, 9.17) is 5.21 Å². The van der Waals surface area contributed by atoms with E-state index in [0.717, 1.165) is 18.4 Å². The van der Waals surface area contributed by atoms with Gasteiger partial charge in [-0.15, -0.1) is 0 Å². The minimum absolute atomic E-state index is 0.0159. The number of allylic oxidation sites excluding steroid dienone is 2. The van der Waals surface area contributed by atoms with Crippen LogP contribution in [0.1, 0.15) is 48.5 Å². The molecule has 0 bridgehead atoms. The molecule has 1 aromatic rings. The fourth-order valence-electron chi connectivity index (χ4n) is 2.08. The molecule has 0 spiro atoms. The van der Waals surface area contributed by atoms with Gasteiger partial charge in [0.15, 0.2) is 5.78 Å². The maximum Gasteiger partial charge on any atom is 0.243 e. The summed E-state index contributed by atoms with van der Waals surface area (Å²) in [6, 6.07) is 7.26. The fourth-order valence-corrected chi connectivity index (χ4v) is 2.08. The first-order valence-electron chi connectivity index (χ1n) is 8.19. The van der Waals surface area contributed by atoms with Crippen LogP contribution in [-0.4, -0.2) is 29.3 Å². The molecular formula is C19H24N2O4. The standard InChI is InChI=1S/C19H24N2O4/c1-15(22)17-10-7-9-16(14-17)8-4-5-11-18(23)20-13-6-2-3-12-19(24)21-25/h4-5,7-11,14,25H,2-3,6,12-13H2,1H3,(H,20,23)(H,21,24). The number of unbranched alkanes of at least 4 members (excludes halogenated alkanes) is 2. The molecule has 0 heterocycles. The number of hydrogen-bond donors (Lipinski definition) is 3. The average Bonchev–Trinajstić information content (AvgIpc) is 2.61. The Morgan fingerprint density at radius 2 is 1.92 bits per heavy atom. The predicted molar refractivity (Wildman–Crippen MR) is 96.0 cm³/mol. The van der Waals surface area contributed by atoms with E-state index in [9.17, 15) is 14.4 Å². The average molecular weight is 344 g/mol. The Kier molecular flexibility index (Phi) is 9.55. The van der Waals surface area contributed by atoms with Crippen LogP contribution in [0, 0.1) is 0 Å². The molecule has 0 radical (unpaired) electrons. The molecule has 134 valence electrons. The van der Waals surface area contributed by atoms with Gasteiger partial charge in [-0.1, -0.05) is 42.8 Å². The predicted octanol–water partition coefficient (Wildman–Crippen LogP) is 2.64. The maximum atomic E-state index is 11.6. The second kappa shape index (κ2) is 11.8. The van der Waals surface area contributed by atoms with Gasteiger partial charge in [0.25, 0.3) is 0 Å². The van der Waals surface area contributed by atoms with Crippen molar-refractivity contribution < 1.29 is 19.6 Å². The number of ketones is 1. The highest BCUT2D eigenvalue weighted by molar-refractivity contribution is 5.94. The first-order chi connectivity index (χ1) is 12.0. The molecule has 6 nitrogen and oxygen atoms in total. The Morgan fingerprint density at radius 1 is 1.12 bits per heavy atom. The summed E-state index contributed by atoms with van der Waals surface area (Å²) < 4.78 is 0. The summed E-state index contributed by atoms with van der Waals surface area (Å²) in [4.78, 5) is 33.7. The number of Topliss-reactive ketones (excluding diaryl/α,β-unsaturated/α-hetero) is 1. The number of carbonyl (C=O) groups is 3. The van der Waals surface area contributed by atoms with Crippen LogP contribution >= 0.6 is 0 Å². The third-order valence-electron chi connectivity index (χ3n) is 3.45. The topological polar surface area (TPSA) is 95.5 Å². The van der Waals surface area contributed by atoms with E-state index >= 15 is 0 Å². The van der Waals surface area contributed by atoms with Gasteiger partial charge in [-0.3, -0.25) is 19.6 Å². The lowest BCUT2D eigenvalue weighted by Gasteiger charge is -2.02. The molecule has 0 aliphatic carbocycles. The number of amides is 2. The largest absolute Gasteiger partial charge is 0.353 e. The highest BCUT2D eigenvalue weighted by Crippen LogP contribution is 2.07. The minimum atomic E-state index is -0.396. The zero-order valence-corrected chi connectivity index (χ0v) is 14.3. The molecule has 0 fully saturated rings. The molecule has 0 aromatic heterocycles. The molecule has 6 heteroatoms. The first-order valence-corrected chi connectivity index (χ1v) is 8.19. The Hall–Kier alpha value is -2.73. The lowest BCUT2D eigenvalue weighted by Crippen LogP contribution is -2.22. The molecule has 2 amide bonds.